The summed E-state index contributed by atoms with van der Waals surface area (Å²) in [5.74, 6) is 4.22. The summed E-state index contributed by atoms with van der Waals surface area (Å²) in [4.78, 5) is 4.89. The number of ether oxygens (including phenoxy) is 5. The molecular weight excluding hydrogens is 681 g/mol. The van der Waals surface area contributed by atoms with Gasteiger partial charge in [-0.25, -0.2) is 0 Å². The first-order valence-electron chi connectivity index (χ1n) is 22.3. The van der Waals surface area contributed by atoms with Crippen molar-refractivity contribution in [1.82, 2.24) is 9.80 Å². The molecular formula is C45H84N2O7. The number of hydrogen-bond acceptors (Lipinski definition) is 9. The second-order valence-electron chi connectivity index (χ2n) is 19.8. The molecule has 2 spiro atoms. The SMILES string of the molecule is CC.CCO[C@@H](C1C[C@@H](C)[C@H]2C(CC3C4CC[C@H]5C(C)(C)[C@@H](OC6CN(CCN(C)CCOC)CCO6)CCC56[C@@H](C)[C@@]46CC[C@@]32C)O1)C(C)(C)O.CO. The summed E-state index contributed by atoms with van der Waals surface area (Å²) in [6, 6.07) is 0. The molecule has 7 aliphatic rings. The van der Waals surface area contributed by atoms with Gasteiger partial charge in [0.15, 0.2) is 6.29 Å². The zero-order valence-corrected chi connectivity index (χ0v) is 37.0. The van der Waals surface area contributed by atoms with E-state index < -0.39 is 5.60 Å². The van der Waals surface area contributed by atoms with Crippen LogP contribution in [0.2, 0.25) is 0 Å². The molecule has 2 heterocycles. The maximum atomic E-state index is 11.1. The summed E-state index contributed by atoms with van der Waals surface area (Å²) in [6.07, 6.45) is 10.2. The van der Waals surface area contributed by atoms with E-state index in [0.717, 1.165) is 83.6 Å². The average molecular weight is 765 g/mol. The first kappa shape index (κ1) is 44.7. The van der Waals surface area contributed by atoms with E-state index >= 15 is 0 Å². The summed E-state index contributed by atoms with van der Waals surface area (Å²) in [5, 5.41) is 18.1. The van der Waals surface area contributed by atoms with Gasteiger partial charge in [0, 0.05) is 53.6 Å². The van der Waals surface area contributed by atoms with E-state index in [0.29, 0.717) is 40.6 Å². The topological polar surface area (TPSA) is 93.1 Å². The van der Waals surface area contributed by atoms with Crippen LogP contribution >= 0.6 is 0 Å². The normalized spacial score (nSPS) is 44.2. The number of rotatable bonds is 12. The van der Waals surface area contributed by atoms with Crippen molar-refractivity contribution in [2.24, 2.45) is 57.2 Å². The van der Waals surface area contributed by atoms with Crippen LogP contribution in [0.4, 0.5) is 0 Å². The van der Waals surface area contributed by atoms with Gasteiger partial charge >= 0.3 is 0 Å². The van der Waals surface area contributed by atoms with Gasteiger partial charge in [0.05, 0.1) is 37.1 Å². The fourth-order valence-electron chi connectivity index (χ4n) is 14.8. The van der Waals surface area contributed by atoms with Crippen LogP contribution in [0.1, 0.15) is 121 Å². The van der Waals surface area contributed by atoms with Crippen molar-refractivity contribution in [3.8, 4) is 0 Å². The van der Waals surface area contributed by atoms with Gasteiger partial charge in [-0.3, -0.25) is 4.90 Å². The predicted molar refractivity (Wildman–Crippen MR) is 216 cm³/mol. The van der Waals surface area contributed by atoms with E-state index in [1.165, 1.54) is 38.5 Å². The van der Waals surface area contributed by atoms with E-state index in [2.05, 4.69) is 51.5 Å². The van der Waals surface area contributed by atoms with Crippen molar-refractivity contribution in [2.75, 3.05) is 73.8 Å². The Kier molecular flexibility index (Phi) is 14.5. The molecule has 6 unspecified atom stereocenters. The highest BCUT2D eigenvalue weighted by atomic mass is 16.7. The maximum Gasteiger partial charge on any atom is 0.170 e. The molecule has 7 rings (SSSR count). The molecule has 5 aliphatic carbocycles. The lowest BCUT2D eigenvalue weighted by molar-refractivity contribution is -0.245. The monoisotopic (exact) mass is 765 g/mol. The predicted octanol–water partition coefficient (Wildman–Crippen LogP) is 7.12. The number of aliphatic hydroxyl groups is 2. The zero-order valence-electron chi connectivity index (χ0n) is 37.0. The number of methoxy groups -OCH3 is 1. The Morgan fingerprint density at radius 2 is 1.69 bits per heavy atom. The number of hydrogen-bond donors (Lipinski definition) is 2. The Morgan fingerprint density at radius 1 is 0.963 bits per heavy atom. The third kappa shape index (κ3) is 7.53. The molecule has 0 bridgehead atoms. The van der Waals surface area contributed by atoms with Crippen LogP contribution in [-0.2, 0) is 23.7 Å². The second kappa shape index (κ2) is 17.5. The molecule has 14 atom stereocenters. The van der Waals surface area contributed by atoms with Crippen molar-refractivity contribution in [3.05, 3.63) is 0 Å². The second-order valence-corrected chi connectivity index (χ2v) is 19.8. The summed E-state index contributed by atoms with van der Waals surface area (Å²) in [5.41, 5.74) is 0.492. The largest absolute Gasteiger partial charge is 0.400 e. The van der Waals surface area contributed by atoms with E-state index in [-0.39, 0.29) is 36.1 Å². The number of likely N-dealkylation sites (N-methyl/N-ethyl adjacent to an activating group) is 1. The molecule has 0 radical (unpaired) electrons. The van der Waals surface area contributed by atoms with Gasteiger partial charge in [-0.05, 0) is 136 Å². The maximum absolute atomic E-state index is 11.1. The minimum absolute atomic E-state index is 0.0376. The molecule has 9 heteroatoms. The highest BCUT2D eigenvalue weighted by Gasteiger charge is 2.85. The first-order chi connectivity index (χ1) is 25.6. The molecule has 0 aromatic heterocycles. The third-order valence-corrected chi connectivity index (χ3v) is 16.8. The Bertz CT molecular complexity index is 1200. The highest BCUT2D eigenvalue weighted by Crippen LogP contribution is 2.89. The molecule has 316 valence electrons. The molecule has 0 aromatic carbocycles. The molecule has 7 fully saturated rings. The van der Waals surface area contributed by atoms with E-state index in [9.17, 15) is 5.11 Å². The first-order valence-corrected chi connectivity index (χ1v) is 22.3. The lowest BCUT2D eigenvalue weighted by Gasteiger charge is -2.60. The summed E-state index contributed by atoms with van der Waals surface area (Å²) in [6.45, 7) is 29.8. The Balaban J connectivity index is 0.00000136. The van der Waals surface area contributed by atoms with Crippen LogP contribution in [0.15, 0.2) is 0 Å². The Hall–Kier alpha value is -0.360. The Morgan fingerprint density at radius 3 is 2.35 bits per heavy atom. The number of fused-ring (bicyclic) bond motifs is 4. The van der Waals surface area contributed by atoms with Crippen molar-refractivity contribution in [2.45, 2.75) is 157 Å². The van der Waals surface area contributed by atoms with Crippen LogP contribution in [0.25, 0.3) is 0 Å². The van der Waals surface area contributed by atoms with Gasteiger partial charge in [0.1, 0.15) is 6.10 Å². The standard InChI is InChI=1S/C42H74N2O6.C2H6.CH4O/c1-11-47-37(39(6,7)45)32-24-27(2)36-31(49-32)25-30-29-12-13-33-38(4,5)34(14-15-42(33)28(3)41(29,42)17-16-40(30,36)8)50-35-26-44(21-23-48-35)19-18-43(9)20-22-46-10;2*1-2/h27-37,45H,11-26H2,1-10H3;1-2H3;2H,1H3/t27-,28+,29?,30?,31?,32?,33+,34+,35?,36+,37+,40+,41+,42?;;/m1../s1. The van der Waals surface area contributed by atoms with Gasteiger partial charge in [0.25, 0.3) is 0 Å². The molecule has 0 amide bonds. The fourth-order valence-corrected chi connectivity index (χ4v) is 14.8. The summed E-state index contributed by atoms with van der Waals surface area (Å²) in [7, 11) is 4.96. The van der Waals surface area contributed by atoms with E-state index in [4.69, 9.17) is 28.8 Å². The van der Waals surface area contributed by atoms with Crippen molar-refractivity contribution >= 4 is 0 Å². The van der Waals surface area contributed by atoms with E-state index in [1.807, 2.05) is 34.6 Å². The number of aliphatic hydroxyl groups excluding tert-OH is 1. The minimum Gasteiger partial charge on any atom is -0.400 e. The summed E-state index contributed by atoms with van der Waals surface area (Å²) < 4.78 is 31.8. The van der Waals surface area contributed by atoms with E-state index in [1.54, 1.807) is 7.11 Å². The average Bonchev–Trinajstić information content (AvgIpc) is 3.51. The molecule has 9 nitrogen and oxygen atoms in total. The molecule has 0 aromatic rings. The number of morpholine rings is 1. The molecule has 54 heavy (non-hydrogen) atoms. The zero-order chi connectivity index (χ0) is 39.9. The van der Waals surface area contributed by atoms with Crippen LogP contribution in [0.5, 0.6) is 0 Å². The minimum atomic E-state index is -0.917. The van der Waals surface area contributed by atoms with Gasteiger partial charge in [0.2, 0.25) is 0 Å². The molecule has 5 saturated carbocycles. The highest BCUT2D eigenvalue weighted by molar-refractivity contribution is 5.32. The quantitative estimate of drug-likeness (QED) is 0.216. The number of nitrogens with zero attached hydrogens (tertiary/aromatic N) is 2. The van der Waals surface area contributed by atoms with Crippen molar-refractivity contribution in [3.63, 3.8) is 0 Å². The molecule has 2 saturated heterocycles. The van der Waals surface area contributed by atoms with Crippen LogP contribution in [0, 0.1) is 57.2 Å². The van der Waals surface area contributed by atoms with Crippen LogP contribution in [-0.4, -0.2) is 130 Å². The van der Waals surface area contributed by atoms with Gasteiger partial charge in [-0.2, -0.15) is 0 Å². The van der Waals surface area contributed by atoms with Gasteiger partial charge in [-0.15, -0.1) is 0 Å². The summed E-state index contributed by atoms with van der Waals surface area (Å²) >= 11 is 0. The molecule has 2 aliphatic heterocycles. The third-order valence-electron chi connectivity index (χ3n) is 16.8. The van der Waals surface area contributed by atoms with Crippen molar-refractivity contribution in [1.29, 1.82) is 0 Å². The Labute approximate surface area is 330 Å². The van der Waals surface area contributed by atoms with Crippen molar-refractivity contribution < 1.29 is 33.9 Å². The smallest absolute Gasteiger partial charge is 0.170 e. The van der Waals surface area contributed by atoms with Crippen LogP contribution < -0.4 is 0 Å². The lowest BCUT2D eigenvalue weighted by atomic mass is 9.46. The van der Waals surface area contributed by atoms with Gasteiger partial charge < -0.3 is 38.8 Å². The van der Waals surface area contributed by atoms with Crippen LogP contribution in [0.3, 0.4) is 0 Å². The fraction of sp³-hybridized carbons (Fsp3) is 1.00. The lowest BCUT2D eigenvalue weighted by Crippen LogP contribution is -2.57. The molecule has 2 N–H and O–H groups in total. The van der Waals surface area contributed by atoms with Gasteiger partial charge in [-0.1, -0.05) is 48.5 Å².